The first-order valence-electron chi connectivity index (χ1n) is 1.62. The monoisotopic (exact) mass is 328 g/mol. The summed E-state index contributed by atoms with van der Waals surface area (Å²) < 4.78 is 1.50. The van der Waals surface area contributed by atoms with Crippen molar-refractivity contribution in [2.45, 2.75) is 0 Å². The molecule has 0 bridgehead atoms. The summed E-state index contributed by atoms with van der Waals surface area (Å²) in [4.78, 5) is 0. The van der Waals surface area contributed by atoms with Crippen molar-refractivity contribution in [3.05, 3.63) is 17.5 Å². The summed E-state index contributed by atoms with van der Waals surface area (Å²) in [6, 6.07) is 4.23. The van der Waals surface area contributed by atoms with Gasteiger partial charge >= 0.3 is 56.2 Å². The zero-order chi connectivity index (χ0) is 4.41. The van der Waals surface area contributed by atoms with Crippen LogP contribution in [0.25, 0.3) is 0 Å². The second-order valence-corrected chi connectivity index (χ2v) is 5.01. The van der Waals surface area contributed by atoms with Gasteiger partial charge in [0.2, 0.25) is 0 Å². The molecule has 0 amide bonds. The fourth-order valence-corrected chi connectivity index (χ4v) is 1.77. The molecule has 0 aliphatic carbocycles. The SMILES string of the molecule is O.O.[Bi][c]1cccs1. The maximum atomic E-state index is 2.15. The third-order valence-corrected chi connectivity index (χ3v) is 2.99. The molecule has 0 unspecified atom stereocenters. The fraction of sp³-hybridized carbons (Fsp3) is 0. The van der Waals surface area contributed by atoms with Crippen LogP contribution < -0.4 is 2.59 Å². The summed E-state index contributed by atoms with van der Waals surface area (Å²) in [6.07, 6.45) is 0. The summed E-state index contributed by atoms with van der Waals surface area (Å²) in [5.41, 5.74) is 0. The molecule has 1 aromatic heterocycles. The van der Waals surface area contributed by atoms with Crippen LogP contribution in [0.3, 0.4) is 0 Å². The van der Waals surface area contributed by atoms with E-state index in [2.05, 4.69) is 17.5 Å². The Morgan fingerprint density at radius 1 is 1.38 bits per heavy atom. The molecule has 4 N–H and O–H groups in total. The molecule has 0 fully saturated rings. The van der Waals surface area contributed by atoms with Gasteiger partial charge in [-0.25, -0.2) is 0 Å². The Balaban J connectivity index is 0. The summed E-state index contributed by atoms with van der Waals surface area (Å²) in [7, 11) is 0. The van der Waals surface area contributed by atoms with E-state index < -0.39 is 0 Å². The van der Waals surface area contributed by atoms with Gasteiger partial charge in [-0.2, -0.15) is 0 Å². The number of hydrogen-bond acceptors (Lipinski definition) is 1. The Morgan fingerprint density at radius 3 is 2.12 bits per heavy atom. The van der Waals surface area contributed by atoms with E-state index in [9.17, 15) is 0 Å². The molecule has 4 heteroatoms. The summed E-state index contributed by atoms with van der Waals surface area (Å²) >= 11 is 3.22. The Morgan fingerprint density at radius 2 is 2.00 bits per heavy atom. The van der Waals surface area contributed by atoms with Crippen LogP contribution in [0.4, 0.5) is 0 Å². The second kappa shape index (κ2) is 5.64. The topological polar surface area (TPSA) is 63.0 Å². The van der Waals surface area contributed by atoms with Crippen molar-refractivity contribution >= 4 is 38.6 Å². The Bertz CT molecular complexity index is 118. The predicted molar refractivity (Wildman–Crippen MR) is 36.9 cm³/mol. The molecule has 0 atom stereocenters. The molecule has 1 aromatic rings. The summed E-state index contributed by atoms with van der Waals surface area (Å²) in [5, 5.41) is 2.11. The van der Waals surface area contributed by atoms with Crippen LogP contribution in [-0.2, 0) is 0 Å². The molecule has 0 aliphatic rings. The first-order chi connectivity index (χ1) is 2.89. The third-order valence-electron chi connectivity index (χ3n) is 0.506. The zero-order valence-corrected chi connectivity index (χ0v) is 8.38. The Labute approximate surface area is 67.0 Å². The minimum atomic E-state index is 0. The van der Waals surface area contributed by atoms with Gasteiger partial charge in [0.1, 0.15) is 0 Å². The third kappa shape index (κ3) is 3.50. The van der Waals surface area contributed by atoms with E-state index >= 15 is 0 Å². The van der Waals surface area contributed by atoms with Crippen LogP contribution in [0.15, 0.2) is 17.5 Å². The van der Waals surface area contributed by atoms with Gasteiger partial charge in [-0.1, -0.05) is 0 Å². The molecule has 0 aliphatic heterocycles. The van der Waals surface area contributed by atoms with Crippen molar-refractivity contribution in [2.75, 3.05) is 0 Å². The number of rotatable bonds is 0. The van der Waals surface area contributed by atoms with E-state index in [1.807, 2.05) is 11.3 Å². The van der Waals surface area contributed by atoms with E-state index in [-0.39, 0.29) is 11.0 Å². The molecular weight excluding hydrogens is 321 g/mol. The standard InChI is InChI=1S/C4H3S.Bi.2H2O/c1-2-4-5-3-1;;;/h1-3H;;2*1H2. The van der Waals surface area contributed by atoms with E-state index in [0.717, 1.165) is 0 Å². The van der Waals surface area contributed by atoms with Gasteiger partial charge in [0.15, 0.2) is 0 Å². The van der Waals surface area contributed by atoms with E-state index in [1.54, 1.807) is 0 Å². The Hall–Kier alpha value is 0.503. The van der Waals surface area contributed by atoms with Crippen LogP contribution in [0.2, 0.25) is 0 Å². The van der Waals surface area contributed by atoms with E-state index in [1.165, 1.54) is 27.3 Å². The maximum absolute atomic E-state index is 2.15. The van der Waals surface area contributed by atoms with Crippen molar-refractivity contribution in [1.29, 1.82) is 0 Å². The number of thiophene rings is 1. The van der Waals surface area contributed by atoms with Crippen molar-refractivity contribution in [2.24, 2.45) is 0 Å². The van der Waals surface area contributed by atoms with Crippen molar-refractivity contribution < 1.29 is 11.0 Å². The molecule has 0 spiro atoms. The molecule has 1 heterocycles. The number of hydrogen-bond donors (Lipinski definition) is 0. The quantitative estimate of drug-likeness (QED) is 0.543. The van der Waals surface area contributed by atoms with Crippen molar-refractivity contribution in [1.82, 2.24) is 0 Å². The van der Waals surface area contributed by atoms with Crippen LogP contribution in [0, 0.1) is 0 Å². The minimum absolute atomic E-state index is 0. The van der Waals surface area contributed by atoms with Gasteiger partial charge < -0.3 is 11.0 Å². The van der Waals surface area contributed by atoms with Gasteiger partial charge in [-0.15, -0.1) is 0 Å². The first kappa shape index (κ1) is 11.3. The zero-order valence-electron chi connectivity index (χ0n) is 4.09. The van der Waals surface area contributed by atoms with E-state index in [0.29, 0.717) is 0 Å². The van der Waals surface area contributed by atoms with Crippen LogP contribution in [-0.4, -0.2) is 35.7 Å². The van der Waals surface area contributed by atoms with Gasteiger partial charge in [-0.3, -0.25) is 0 Å². The van der Waals surface area contributed by atoms with Crippen LogP contribution in [0.5, 0.6) is 0 Å². The van der Waals surface area contributed by atoms with Crippen LogP contribution in [0.1, 0.15) is 0 Å². The van der Waals surface area contributed by atoms with Crippen molar-refractivity contribution in [3.63, 3.8) is 0 Å². The average molecular weight is 328 g/mol. The van der Waals surface area contributed by atoms with E-state index in [4.69, 9.17) is 0 Å². The van der Waals surface area contributed by atoms with Crippen LogP contribution >= 0.6 is 11.3 Å². The fourth-order valence-electron chi connectivity index (χ4n) is 0.270. The van der Waals surface area contributed by atoms with Crippen molar-refractivity contribution in [3.8, 4) is 0 Å². The molecule has 0 aromatic carbocycles. The second-order valence-electron chi connectivity index (χ2n) is 0.951. The Kier molecular flexibility index (Phi) is 7.97. The van der Waals surface area contributed by atoms with Gasteiger partial charge in [0.25, 0.3) is 0 Å². The van der Waals surface area contributed by atoms with Gasteiger partial charge in [-0.05, 0) is 0 Å². The molecule has 46 valence electrons. The molecule has 2 nitrogen and oxygen atoms in total. The predicted octanol–water partition coefficient (Wildman–Crippen LogP) is -1.11. The molecule has 0 saturated heterocycles. The molecule has 1 rings (SSSR count). The summed E-state index contributed by atoms with van der Waals surface area (Å²) in [6.45, 7) is 0. The van der Waals surface area contributed by atoms with Gasteiger partial charge in [0.05, 0.1) is 0 Å². The summed E-state index contributed by atoms with van der Waals surface area (Å²) in [5.74, 6) is 0. The molecule has 0 saturated carbocycles. The molecular formula is C4H7BiO2S. The normalized spacial score (nSPS) is 6.62. The average Bonchev–Trinajstić information content (AvgIpc) is 1.86. The van der Waals surface area contributed by atoms with Gasteiger partial charge in [0, 0.05) is 0 Å². The molecule has 8 heavy (non-hydrogen) atoms. The first-order valence-corrected chi connectivity index (χ1v) is 4.24. The molecule has 2 radical (unpaired) electrons.